The van der Waals surface area contributed by atoms with Crippen molar-refractivity contribution in [2.24, 2.45) is 0 Å². The number of nitrogens with one attached hydrogen (secondary N) is 2. The van der Waals surface area contributed by atoms with Crippen molar-refractivity contribution in [3.8, 4) is 0 Å². The second-order valence-electron chi connectivity index (χ2n) is 8.40. The monoisotopic (exact) mass is 502 g/mol. The third-order valence-electron chi connectivity index (χ3n) is 6.20. The summed E-state index contributed by atoms with van der Waals surface area (Å²) in [6.07, 6.45) is 3.78. The van der Waals surface area contributed by atoms with Crippen molar-refractivity contribution in [1.29, 1.82) is 0 Å². The molecule has 1 aliphatic rings. The maximum absolute atomic E-state index is 12.6. The number of H-pyrrole nitrogens is 1. The van der Waals surface area contributed by atoms with E-state index in [2.05, 4.69) is 43.8 Å². The van der Waals surface area contributed by atoms with Gasteiger partial charge in [0.15, 0.2) is 0 Å². The first-order valence-corrected chi connectivity index (χ1v) is 13.9. The van der Waals surface area contributed by atoms with Gasteiger partial charge in [-0.05, 0) is 61.2 Å². The van der Waals surface area contributed by atoms with E-state index in [0.717, 1.165) is 55.7 Å². The van der Waals surface area contributed by atoms with Crippen LogP contribution in [0.5, 0.6) is 0 Å². The summed E-state index contributed by atoms with van der Waals surface area (Å²) in [7, 11) is -3.49. The highest BCUT2D eigenvalue weighted by atomic mass is 35.5. The SMILES string of the molecule is O=S(=O)(NCCCCN1CCN(c2cccc3[nH]ccc23)CC1)c1cc2ccc(Cl)cc2s1. The Kier molecular flexibility index (Phi) is 6.62. The van der Waals surface area contributed by atoms with Crippen molar-refractivity contribution in [1.82, 2.24) is 14.6 Å². The van der Waals surface area contributed by atoms with Crippen LogP contribution in [0.2, 0.25) is 5.02 Å². The maximum Gasteiger partial charge on any atom is 0.250 e. The van der Waals surface area contributed by atoms with E-state index in [9.17, 15) is 8.42 Å². The molecule has 1 saturated heterocycles. The van der Waals surface area contributed by atoms with Gasteiger partial charge in [0, 0.05) is 65.2 Å². The summed E-state index contributed by atoms with van der Waals surface area (Å²) in [5.74, 6) is 0. The number of hydrogen-bond acceptors (Lipinski definition) is 5. The molecule has 2 N–H and O–H groups in total. The quantitative estimate of drug-likeness (QED) is 0.336. The number of thiophene rings is 1. The molecule has 1 fully saturated rings. The minimum absolute atomic E-state index is 0.341. The molecule has 6 nitrogen and oxygen atoms in total. The van der Waals surface area contributed by atoms with Gasteiger partial charge in [0.25, 0.3) is 0 Å². The van der Waals surface area contributed by atoms with Crippen LogP contribution in [0.25, 0.3) is 21.0 Å². The Morgan fingerprint density at radius 2 is 1.88 bits per heavy atom. The molecule has 0 atom stereocenters. The first kappa shape index (κ1) is 22.7. The van der Waals surface area contributed by atoms with E-state index in [4.69, 9.17) is 11.6 Å². The van der Waals surface area contributed by atoms with Crippen LogP contribution in [0.15, 0.2) is 58.9 Å². The molecule has 9 heteroatoms. The Balaban J connectivity index is 1.06. The number of anilines is 1. The molecule has 1 aliphatic heterocycles. The summed E-state index contributed by atoms with van der Waals surface area (Å²) in [5, 5.41) is 2.79. The fourth-order valence-electron chi connectivity index (χ4n) is 4.41. The second kappa shape index (κ2) is 9.64. The number of halogens is 1. The average molecular weight is 503 g/mol. The van der Waals surface area contributed by atoms with Crippen molar-refractivity contribution >= 4 is 59.6 Å². The normalized spacial score (nSPS) is 15.6. The Hall–Kier alpha value is -2.10. The molecule has 0 aliphatic carbocycles. The first-order chi connectivity index (χ1) is 16.0. The Labute approximate surface area is 203 Å². The zero-order chi connectivity index (χ0) is 22.8. The molecule has 4 aromatic rings. The fourth-order valence-corrected chi connectivity index (χ4v) is 7.20. The summed E-state index contributed by atoms with van der Waals surface area (Å²) in [4.78, 5) is 8.21. The molecule has 174 valence electrons. The first-order valence-electron chi connectivity index (χ1n) is 11.2. The number of nitrogens with zero attached hydrogens (tertiary/aromatic N) is 2. The number of aromatic amines is 1. The van der Waals surface area contributed by atoms with Gasteiger partial charge in [-0.25, -0.2) is 13.1 Å². The van der Waals surface area contributed by atoms with Crippen LogP contribution in [-0.4, -0.2) is 57.6 Å². The van der Waals surface area contributed by atoms with E-state index in [1.807, 2.05) is 12.3 Å². The third-order valence-corrected chi connectivity index (χ3v) is 9.47. The molecule has 5 rings (SSSR count). The molecular weight excluding hydrogens is 476 g/mol. The lowest BCUT2D eigenvalue weighted by Crippen LogP contribution is -2.46. The second-order valence-corrected chi connectivity index (χ2v) is 11.9. The lowest BCUT2D eigenvalue weighted by Gasteiger charge is -2.36. The van der Waals surface area contributed by atoms with E-state index in [1.165, 1.54) is 27.9 Å². The van der Waals surface area contributed by atoms with Crippen molar-refractivity contribution in [3.63, 3.8) is 0 Å². The molecule has 0 amide bonds. The number of rotatable bonds is 8. The fraction of sp³-hybridized carbons (Fsp3) is 0.333. The van der Waals surface area contributed by atoms with Gasteiger partial charge in [0.2, 0.25) is 10.0 Å². The summed E-state index contributed by atoms with van der Waals surface area (Å²) in [6, 6.07) is 15.7. The highest BCUT2D eigenvalue weighted by molar-refractivity contribution is 7.91. The number of aromatic nitrogens is 1. The minimum atomic E-state index is -3.49. The molecule has 0 spiro atoms. The van der Waals surface area contributed by atoms with Crippen LogP contribution in [0.4, 0.5) is 5.69 Å². The number of benzene rings is 2. The van der Waals surface area contributed by atoms with E-state index in [1.54, 1.807) is 18.2 Å². The third kappa shape index (κ3) is 5.05. The van der Waals surface area contributed by atoms with Crippen LogP contribution in [0.1, 0.15) is 12.8 Å². The summed E-state index contributed by atoms with van der Waals surface area (Å²) in [6.45, 7) is 5.51. The zero-order valence-electron chi connectivity index (χ0n) is 18.3. The summed E-state index contributed by atoms with van der Waals surface area (Å²) in [5.41, 5.74) is 2.48. The standard InChI is InChI=1S/C24H27ClN4O2S2/c25-19-7-6-18-16-24(32-23(18)17-19)33(30,31)27-9-1-2-11-28-12-14-29(15-13-28)22-5-3-4-21-20(22)8-10-26-21/h3-8,10,16-17,26-27H,1-2,9,11-15H2. The van der Waals surface area contributed by atoms with Crippen LogP contribution in [-0.2, 0) is 10.0 Å². The predicted octanol–water partition coefficient (Wildman–Crippen LogP) is 4.92. The van der Waals surface area contributed by atoms with Crippen molar-refractivity contribution in [2.45, 2.75) is 17.1 Å². The molecular formula is C24H27ClN4O2S2. The van der Waals surface area contributed by atoms with Gasteiger partial charge in [-0.3, -0.25) is 4.90 Å². The van der Waals surface area contributed by atoms with Gasteiger partial charge in [-0.2, -0.15) is 0 Å². The Morgan fingerprint density at radius 3 is 2.73 bits per heavy atom. The molecule has 0 radical (unpaired) electrons. The maximum atomic E-state index is 12.6. The van der Waals surface area contributed by atoms with Gasteiger partial charge in [-0.1, -0.05) is 23.7 Å². The highest BCUT2D eigenvalue weighted by Crippen LogP contribution is 2.31. The van der Waals surface area contributed by atoms with Crippen molar-refractivity contribution in [3.05, 3.63) is 59.8 Å². The average Bonchev–Trinajstić information content (AvgIpc) is 3.46. The zero-order valence-corrected chi connectivity index (χ0v) is 20.6. The minimum Gasteiger partial charge on any atom is -0.368 e. The van der Waals surface area contributed by atoms with Crippen LogP contribution in [0, 0.1) is 0 Å². The van der Waals surface area contributed by atoms with Gasteiger partial charge >= 0.3 is 0 Å². The number of fused-ring (bicyclic) bond motifs is 2. The van der Waals surface area contributed by atoms with Crippen molar-refractivity contribution in [2.75, 3.05) is 44.2 Å². The van der Waals surface area contributed by atoms with Crippen LogP contribution >= 0.6 is 22.9 Å². The molecule has 0 unspecified atom stereocenters. The summed E-state index contributed by atoms with van der Waals surface area (Å²) < 4.78 is 29.3. The molecule has 3 heterocycles. The van der Waals surface area contributed by atoms with Gasteiger partial charge < -0.3 is 9.88 Å². The Morgan fingerprint density at radius 1 is 1.03 bits per heavy atom. The number of sulfonamides is 1. The lowest BCUT2D eigenvalue weighted by atomic mass is 10.1. The molecule has 2 aromatic heterocycles. The van der Waals surface area contributed by atoms with Crippen LogP contribution in [0.3, 0.4) is 0 Å². The Bertz CT molecular complexity index is 1360. The van der Waals surface area contributed by atoms with E-state index >= 15 is 0 Å². The number of hydrogen-bond donors (Lipinski definition) is 2. The predicted molar refractivity (Wildman–Crippen MR) is 138 cm³/mol. The topological polar surface area (TPSA) is 68.4 Å². The smallest absolute Gasteiger partial charge is 0.250 e. The summed E-state index contributed by atoms with van der Waals surface area (Å²) >= 11 is 7.27. The van der Waals surface area contributed by atoms with Gasteiger partial charge in [0.05, 0.1) is 0 Å². The molecule has 0 bridgehead atoms. The molecule has 0 saturated carbocycles. The molecule has 33 heavy (non-hydrogen) atoms. The van der Waals surface area contributed by atoms with Crippen molar-refractivity contribution < 1.29 is 8.42 Å². The largest absolute Gasteiger partial charge is 0.368 e. The van der Waals surface area contributed by atoms with E-state index < -0.39 is 10.0 Å². The van der Waals surface area contributed by atoms with Gasteiger partial charge in [-0.15, -0.1) is 11.3 Å². The van der Waals surface area contributed by atoms with Gasteiger partial charge in [0.1, 0.15) is 4.21 Å². The molecule has 2 aromatic carbocycles. The number of unbranched alkanes of at least 4 members (excludes halogenated alkanes) is 1. The lowest BCUT2D eigenvalue weighted by molar-refractivity contribution is 0.253. The van der Waals surface area contributed by atoms with E-state index in [0.29, 0.717) is 15.8 Å². The highest BCUT2D eigenvalue weighted by Gasteiger charge is 2.19. The van der Waals surface area contributed by atoms with Crippen LogP contribution < -0.4 is 9.62 Å². The number of piperazine rings is 1. The van der Waals surface area contributed by atoms with E-state index in [-0.39, 0.29) is 0 Å².